The molecule has 3 nitrogen and oxygen atoms in total. The van der Waals surface area contributed by atoms with Crippen LogP contribution in [-0.4, -0.2) is 19.5 Å². The minimum Gasteiger partial charge on any atom is -0.388 e. The van der Waals surface area contributed by atoms with Gasteiger partial charge in [0.15, 0.2) is 0 Å². The van der Waals surface area contributed by atoms with Gasteiger partial charge < -0.3 is 10.6 Å². The molecule has 0 aliphatic heterocycles. The molecule has 2 rings (SSSR count). The molecule has 0 aromatic heterocycles. The van der Waals surface area contributed by atoms with E-state index in [0.29, 0.717) is 5.92 Å². The third kappa shape index (κ3) is 3.25. The summed E-state index contributed by atoms with van der Waals surface area (Å²) in [7, 11) is 1.87. The highest BCUT2D eigenvalue weighted by molar-refractivity contribution is 5.94. The first kappa shape index (κ1) is 12.9. The van der Waals surface area contributed by atoms with E-state index in [9.17, 15) is 4.79 Å². The van der Waals surface area contributed by atoms with Crippen molar-refractivity contribution in [1.82, 2.24) is 5.32 Å². The van der Waals surface area contributed by atoms with Gasteiger partial charge in [0.25, 0.3) is 5.91 Å². The number of nitrogens with one attached hydrogen (secondary N) is 2. The van der Waals surface area contributed by atoms with Crippen LogP contribution >= 0.6 is 0 Å². The molecule has 1 aliphatic carbocycles. The Hall–Kier alpha value is -1.51. The van der Waals surface area contributed by atoms with Gasteiger partial charge >= 0.3 is 0 Å². The van der Waals surface area contributed by atoms with Gasteiger partial charge in [0.2, 0.25) is 0 Å². The van der Waals surface area contributed by atoms with Gasteiger partial charge in [0, 0.05) is 24.8 Å². The van der Waals surface area contributed by atoms with Crippen LogP contribution in [0.25, 0.3) is 0 Å². The monoisotopic (exact) mass is 246 g/mol. The second-order valence-corrected chi connectivity index (χ2v) is 5.32. The molecule has 98 valence electrons. The van der Waals surface area contributed by atoms with E-state index < -0.39 is 0 Å². The second kappa shape index (κ2) is 5.89. The van der Waals surface area contributed by atoms with E-state index in [-0.39, 0.29) is 5.91 Å². The molecule has 0 spiro atoms. The molecule has 2 unspecified atom stereocenters. The Balaban J connectivity index is 1.83. The molecule has 0 bridgehead atoms. The van der Waals surface area contributed by atoms with Gasteiger partial charge in [-0.15, -0.1) is 0 Å². The summed E-state index contributed by atoms with van der Waals surface area (Å²) in [6, 6.07) is 7.57. The average Bonchev–Trinajstić information content (AvgIpc) is 2.82. The third-order valence-corrected chi connectivity index (χ3v) is 3.79. The molecular formula is C15H22N2O. The number of carbonyl (C=O) groups excluding carboxylic acids is 1. The van der Waals surface area contributed by atoms with Crippen molar-refractivity contribution in [2.45, 2.75) is 26.2 Å². The first-order valence-corrected chi connectivity index (χ1v) is 6.75. The lowest BCUT2D eigenvalue weighted by molar-refractivity contribution is 0.0947. The predicted octanol–water partition coefficient (Wildman–Crippen LogP) is 2.89. The van der Waals surface area contributed by atoms with Gasteiger partial charge in [0.05, 0.1) is 0 Å². The summed E-state index contributed by atoms with van der Waals surface area (Å²) in [5.74, 6) is 1.53. The Kier molecular flexibility index (Phi) is 4.24. The van der Waals surface area contributed by atoms with Gasteiger partial charge in [0.1, 0.15) is 0 Å². The van der Waals surface area contributed by atoms with Crippen LogP contribution in [0.4, 0.5) is 5.69 Å². The second-order valence-electron chi connectivity index (χ2n) is 5.32. The van der Waals surface area contributed by atoms with Crippen LogP contribution in [0.5, 0.6) is 0 Å². The number of carbonyl (C=O) groups is 1. The van der Waals surface area contributed by atoms with Crippen LogP contribution in [-0.2, 0) is 0 Å². The quantitative estimate of drug-likeness (QED) is 0.857. The summed E-state index contributed by atoms with van der Waals surface area (Å²) in [5.41, 5.74) is 1.76. The smallest absolute Gasteiger partial charge is 0.251 e. The van der Waals surface area contributed by atoms with Gasteiger partial charge in [-0.2, -0.15) is 0 Å². The van der Waals surface area contributed by atoms with Crippen molar-refractivity contribution in [1.29, 1.82) is 0 Å². The molecule has 1 aromatic carbocycles. The van der Waals surface area contributed by atoms with Crippen LogP contribution in [0, 0.1) is 11.8 Å². The van der Waals surface area contributed by atoms with Gasteiger partial charge in [-0.05, 0) is 48.9 Å². The molecule has 0 saturated heterocycles. The molecular weight excluding hydrogens is 224 g/mol. The fourth-order valence-corrected chi connectivity index (χ4v) is 2.64. The summed E-state index contributed by atoms with van der Waals surface area (Å²) in [6.45, 7) is 3.11. The Morgan fingerprint density at radius 2 is 2.00 bits per heavy atom. The maximum absolute atomic E-state index is 12.0. The van der Waals surface area contributed by atoms with E-state index in [1.165, 1.54) is 19.3 Å². The first-order valence-electron chi connectivity index (χ1n) is 6.75. The lowest BCUT2D eigenvalue weighted by Crippen LogP contribution is -2.28. The summed E-state index contributed by atoms with van der Waals surface area (Å²) in [5, 5.41) is 6.08. The van der Waals surface area contributed by atoms with Crippen LogP contribution in [0.1, 0.15) is 36.5 Å². The van der Waals surface area contributed by atoms with E-state index in [0.717, 1.165) is 23.7 Å². The molecule has 1 amide bonds. The molecule has 1 saturated carbocycles. The molecule has 2 atom stereocenters. The Bertz CT molecular complexity index is 399. The number of anilines is 1. The summed E-state index contributed by atoms with van der Waals surface area (Å²) in [4.78, 5) is 12.0. The summed E-state index contributed by atoms with van der Waals surface area (Å²) in [6.07, 6.45) is 3.80. The van der Waals surface area contributed by atoms with Crippen molar-refractivity contribution in [2.24, 2.45) is 11.8 Å². The van der Waals surface area contributed by atoms with Crippen molar-refractivity contribution in [3.63, 3.8) is 0 Å². The minimum atomic E-state index is 0.0391. The van der Waals surface area contributed by atoms with Crippen LogP contribution < -0.4 is 10.6 Å². The number of hydrogen-bond donors (Lipinski definition) is 2. The third-order valence-electron chi connectivity index (χ3n) is 3.79. The molecule has 3 heteroatoms. The summed E-state index contributed by atoms with van der Waals surface area (Å²) < 4.78 is 0. The Morgan fingerprint density at radius 3 is 2.56 bits per heavy atom. The van der Waals surface area contributed by atoms with E-state index in [4.69, 9.17) is 0 Å². The van der Waals surface area contributed by atoms with Gasteiger partial charge in [-0.1, -0.05) is 13.3 Å². The Labute approximate surface area is 109 Å². The summed E-state index contributed by atoms with van der Waals surface area (Å²) >= 11 is 0. The van der Waals surface area contributed by atoms with Gasteiger partial charge in [-0.25, -0.2) is 0 Å². The Morgan fingerprint density at radius 1 is 1.28 bits per heavy atom. The molecule has 0 radical (unpaired) electrons. The molecule has 1 aromatic rings. The molecule has 1 fully saturated rings. The maximum atomic E-state index is 12.0. The zero-order valence-electron chi connectivity index (χ0n) is 11.2. The normalized spacial score (nSPS) is 22.8. The first-order chi connectivity index (χ1) is 8.69. The fraction of sp³-hybridized carbons (Fsp3) is 0.533. The SMILES string of the molecule is CNc1ccc(C(=O)NCC2CCC(C)C2)cc1. The van der Waals surface area contributed by atoms with Crippen molar-refractivity contribution in [3.05, 3.63) is 29.8 Å². The molecule has 1 aliphatic rings. The van der Waals surface area contributed by atoms with E-state index in [2.05, 4.69) is 17.6 Å². The number of amides is 1. The zero-order chi connectivity index (χ0) is 13.0. The highest BCUT2D eigenvalue weighted by atomic mass is 16.1. The standard InChI is InChI=1S/C15H22N2O/c1-11-3-4-12(9-11)10-17-15(18)13-5-7-14(16-2)8-6-13/h5-8,11-12,16H,3-4,9-10H2,1-2H3,(H,17,18). The van der Waals surface area contributed by atoms with Crippen molar-refractivity contribution in [3.8, 4) is 0 Å². The topological polar surface area (TPSA) is 41.1 Å². The lowest BCUT2D eigenvalue weighted by atomic mass is 10.1. The van der Waals surface area contributed by atoms with Crippen LogP contribution in [0.3, 0.4) is 0 Å². The van der Waals surface area contributed by atoms with Crippen LogP contribution in [0.15, 0.2) is 24.3 Å². The molecule has 18 heavy (non-hydrogen) atoms. The molecule has 2 N–H and O–H groups in total. The number of rotatable bonds is 4. The van der Waals surface area contributed by atoms with E-state index >= 15 is 0 Å². The zero-order valence-corrected chi connectivity index (χ0v) is 11.2. The van der Waals surface area contributed by atoms with Crippen molar-refractivity contribution < 1.29 is 4.79 Å². The molecule has 0 heterocycles. The van der Waals surface area contributed by atoms with E-state index in [1.807, 2.05) is 31.3 Å². The average molecular weight is 246 g/mol. The van der Waals surface area contributed by atoms with Gasteiger partial charge in [-0.3, -0.25) is 4.79 Å². The highest BCUT2D eigenvalue weighted by Gasteiger charge is 2.21. The minimum absolute atomic E-state index is 0.0391. The lowest BCUT2D eigenvalue weighted by Gasteiger charge is -2.11. The van der Waals surface area contributed by atoms with Crippen molar-refractivity contribution in [2.75, 3.05) is 18.9 Å². The number of benzene rings is 1. The fourth-order valence-electron chi connectivity index (χ4n) is 2.64. The van der Waals surface area contributed by atoms with E-state index in [1.54, 1.807) is 0 Å². The predicted molar refractivity (Wildman–Crippen MR) is 74.8 cm³/mol. The largest absolute Gasteiger partial charge is 0.388 e. The maximum Gasteiger partial charge on any atom is 0.251 e. The highest BCUT2D eigenvalue weighted by Crippen LogP contribution is 2.29. The van der Waals surface area contributed by atoms with Crippen LogP contribution in [0.2, 0.25) is 0 Å². The van der Waals surface area contributed by atoms with Crippen molar-refractivity contribution >= 4 is 11.6 Å². The number of hydrogen-bond acceptors (Lipinski definition) is 2.